The summed E-state index contributed by atoms with van der Waals surface area (Å²) in [4.78, 5) is 3.84. The summed E-state index contributed by atoms with van der Waals surface area (Å²) in [5.41, 5.74) is 6.28. The lowest BCUT2D eigenvalue weighted by atomic mass is 10.3. The quantitative estimate of drug-likeness (QED) is 0.792. The molecular weight excluding hydrogens is 207 g/mol. The first-order chi connectivity index (χ1) is 6.97. The van der Waals surface area contributed by atoms with Crippen LogP contribution in [0.25, 0.3) is 11.0 Å². The molecule has 15 heavy (non-hydrogen) atoms. The van der Waals surface area contributed by atoms with Crippen molar-refractivity contribution in [3.8, 4) is 0 Å². The van der Waals surface area contributed by atoms with Crippen molar-refractivity contribution in [2.75, 3.05) is 5.73 Å². The van der Waals surface area contributed by atoms with Crippen LogP contribution < -0.4 is 5.73 Å². The second kappa shape index (κ2) is 3.15. The first-order valence-corrected chi connectivity index (χ1v) is 4.25. The first-order valence-electron chi connectivity index (χ1n) is 4.25. The van der Waals surface area contributed by atoms with Crippen LogP contribution in [0.15, 0.2) is 24.3 Å². The van der Waals surface area contributed by atoms with Crippen LogP contribution in [0.2, 0.25) is 0 Å². The standard InChI is InChI=1S/C9H8F3N3/c10-9(11,12)5-15-7-4-2-1-3-6(7)14-8(15)13/h1-4H,5H2,(H2,13,14). The lowest BCUT2D eigenvalue weighted by Gasteiger charge is -2.09. The van der Waals surface area contributed by atoms with Crippen molar-refractivity contribution >= 4 is 17.0 Å². The lowest BCUT2D eigenvalue weighted by Crippen LogP contribution is -2.18. The summed E-state index contributed by atoms with van der Waals surface area (Å²) < 4.78 is 37.6. The summed E-state index contributed by atoms with van der Waals surface area (Å²) in [6, 6.07) is 6.53. The lowest BCUT2D eigenvalue weighted by molar-refractivity contribution is -0.139. The third-order valence-corrected chi connectivity index (χ3v) is 2.02. The highest BCUT2D eigenvalue weighted by Gasteiger charge is 2.29. The van der Waals surface area contributed by atoms with E-state index >= 15 is 0 Å². The van der Waals surface area contributed by atoms with Crippen LogP contribution in [0.1, 0.15) is 0 Å². The van der Waals surface area contributed by atoms with Crippen molar-refractivity contribution < 1.29 is 13.2 Å². The van der Waals surface area contributed by atoms with Gasteiger partial charge < -0.3 is 10.3 Å². The topological polar surface area (TPSA) is 43.8 Å². The van der Waals surface area contributed by atoms with Crippen molar-refractivity contribution in [3.05, 3.63) is 24.3 Å². The van der Waals surface area contributed by atoms with Gasteiger partial charge in [-0.05, 0) is 12.1 Å². The van der Waals surface area contributed by atoms with E-state index in [0.29, 0.717) is 11.0 Å². The number of nitrogen functional groups attached to an aromatic ring is 1. The molecule has 0 bridgehead atoms. The third-order valence-electron chi connectivity index (χ3n) is 2.02. The van der Waals surface area contributed by atoms with E-state index in [2.05, 4.69) is 4.98 Å². The summed E-state index contributed by atoms with van der Waals surface area (Å²) in [6.07, 6.45) is -4.29. The molecule has 0 radical (unpaired) electrons. The molecular formula is C9H8F3N3. The first kappa shape index (κ1) is 9.82. The second-order valence-corrected chi connectivity index (χ2v) is 3.16. The van der Waals surface area contributed by atoms with E-state index in [4.69, 9.17) is 5.73 Å². The fourth-order valence-electron chi connectivity index (χ4n) is 1.44. The summed E-state index contributed by atoms with van der Waals surface area (Å²) in [6.45, 7) is -1.11. The number of benzene rings is 1. The maximum Gasteiger partial charge on any atom is 0.406 e. The Hall–Kier alpha value is -1.72. The van der Waals surface area contributed by atoms with Crippen LogP contribution in [-0.2, 0) is 6.54 Å². The SMILES string of the molecule is Nc1nc2ccccc2n1CC(F)(F)F. The minimum atomic E-state index is -4.29. The molecule has 0 fully saturated rings. The number of fused-ring (bicyclic) bond motifs is 1. The number of nitrogens with two attached hydrogens (primary N) is 1. The third kappa shape index (κ3) is 1.88. The average molecular weight is 215 g/mol. The van der Waals surface area contributed by atoms with E-state index in [-0.39, 0.29) is 5.95 Å². The highest BCUT2D eigenvalue weighted by molar-refractivity contribution is 5.78. The maximum absolute atomic E-state index is 12.2. The van der Waals surface area contributed by atoms with Gasteiger partial charge in [0.1, 0.15) is 6.54 Å². The molecule has 1 aromatic carbocycles. The van der Waals surface area contributed by atoms with Gasteiger partial charge in [-0.3, -0.25) is 0 Å². The van der Waals surface area contributed by atoms with Gasteiger partial charge in [0.2, 0.25) is 5.95 Å². The zero-order valence-corrected chi connectivity index (χ0v) is 7.62. The molecule has 0 spiro atoms. The summed E-state index contributed by atoms with van der Waals surface area (Å²) in [5, 5.41) is 0. The molecule has 6 heteroatoms. The molecule has 3 nitrogen and oxygen atoms in total. The monoisotopic (exact) mass is 215 g/mol. The normalized spacial score (nSPS) is 12.2. The van der Waals surface area contributed by atoms with Gasteiger partial charge in [-0.2, -0.15) is 13.2 Å². The van der Waals surface area contributed by atoms with Gasteiger partial charge in [0.05, 0.1) is 11.0 Å². The zero-order valence-electron chi connectivity index (χ0n) is 7.62. The number of hydrogen-bond acceptors (Lipinski definition) is 2. The smallest absolute Gasteiger partial charge is 0.369 e. The Morgan fingerprint density at radius 1 is 1.27 bits per heavy atom. The van der Waals surface area contributed by atoms with Gasteiger partial charge >= 0.3 is 6.18 Å². The van der Waals surface area contributed by atoms with Gasteiger partial charge in [0.15, 0.2) is 0 Å². The summed E-state index contributed by atoms with van der Waals surface area (Å²) in [7, 11) is 0. The van der Waals surface area contributed by atoms with Gasteiger partial charge in [-0.15, -0.1) is 0 Å². The number of anilines is 1. The molecule has 1 heterocycles. The fourth-order valence-corrected chi connectivity index (χ4v) is 1.44. The average Bonchev–Trinajstić information content (AvgIpc) is 2.41. The predicted molar refractivity (Wildman–Crippen MR) is 50.2 cm³/mol. The Balaban J connectivity index is 2.54. The number of rotatable bonds is 1. The van der Waals surface area contributed by atoms with E-state index < -0.39 is 12.7 Å². The molecule has 2 N–H and O–H groups in total. The molecule has 0 saturated carbocycles. The van der Waals surface area contributed by atoms with Crippen molar-refractivity contribution in [2.45, 2.75) is 12.7 Å². The Kier molecular flexibility index (Phi) is 2.06. The van der Waals surface area contributed by atoms with Crippen molar-refractivity contribution in [2.24, 2.45) is 0 Å². The fraction of sp³-hybridized carbons (Fsp3) is 0.222. The molecule has 1 aromatic heterocycles. The van der Waals surface area contributed by atoms with Gasteiger partial charge in [-0.25, -0.2) is 4.98 Å². The van der Waals surface area contributed by atoms with E-state index in [1.54, 1.807) is 24.3 Å². The second-order valence-electron chi connectivity index (χ2n) is 3.16. The number of alkyl halides is 3. The van der Waals surface area contributed by atoms with Crippen LogP contribution in [0.3, 0.4) is 0 Å². The van der Waals surface area contributed by atoms with E-state index in [0.717, 1.165) is 4.57 Å². The molecule has 0 amide bonds. The highest BCUT2D eigenvalue weighted by atomic mass is 19.4. The number of halogens is 3. The Morgan fingerprint density at radius 2 is 1.93 bits per heavy atom. The molecule has 2 aromatic rings. The van der Waals surface area contributed by atoms with Crippen molar-refractivity contribution in [1.82, 2.24) is 9.55 Å². The molecule has 0 atom stereocenters. The van der Waals surface area contributed by atoms with Crippen LogP contribution in [0.5, 0.6) is 0 Å². The largest absolute Gasteiger partial charge is 0.406 e. The maximum atomic E-state index is 12.2. The van der Waals surface area contributed by atoms with Crippen LogP contribution in [0, 0.1) is 0 Å². The summed E-state index contributed by atoms with van der Waals surface area (Å²) >= 11 is 0. The molecule has 0 aliphatic heterocycles. The van der Waals surface area contributed by atoms with Gasteiger partial charge in [0.25, 0.3) is 0 Å². The molecule has 0 unspecified atom stereocenters. The van der Waals surface area contributed by atoms with Crippen molar-refractivity contribution in [1.29, 1.82) is 0 Å². The van der Waals surface area contributed by atoms with E-state index in [1.165, 1.54) is 0 Å². The Labute approximate surface area is 83.3 Å². The van der Waals surface area contributed by atoms with E-state index in [9.17, 15) is 13.2 Å². The minimum absolute atomic E-state index is 0.117. The van der Waals surface area contributed by atoms with Crippen LogP contribution >= 0.6 is 0 Å². The Morgan fingerprint density at radius 3 is 2.60 bits per heavy atom. The van der Waals surface area contributed by atoms with Crippen LogP contribution in [0.4, 0.5) is 19.1 Å². The van der Waals surface area contributed by atoms with Crippen LogP contribution in [-0.4, -0.2) is 15.7 Å². The van der Waals surface area contributed by atoms with Gasteiger partial charge in [-0.1, -0.05) is 12.1 Å². The molecule has 2 rings (SSSR count). The molecule has 0 saturated heterocycles. The number of para-hydroxylation sites is 2. The van der Waals surface area contributed by atoms with E-state index in [1.807, 2.05) is 0 Å². The Bertz CT molecular complexity index is 487. The number of hydrogen-bond donors (Lipinski definition) is 1. The minimum Gasteiger partial charge on any atom is -0.369 e. The summed E-state index contributed by atoms with van der Waals surface area (Å²) in [5.74, 6) is -0.117. The predicted octanol–water partition coefficient (Wildman–Crippen LogP) is 2.18. The number of aromatic nitrogens is 2. The molecule has 0 aliphatic rings. The number of imidazole rings is 1. The number of nitrogens with zero attached hydrogens (tertiary/aromatic N) is 2. The molecule has 80 valence electrons. The van der Waals surface area contributed by atoms with Crippen molar-refractivity contribution in [3.63, 3.8) is 0 Å². The zero-order chi connectivity index (χ0) is 11.1. The van der Waals surface area contributed by atoms with Gasteiger partial charge in [0, 0.05) is 0 Å². The highest BCUT2D eigenvalue weighted by Crippen LogP contribution is 2.24. The molecule has 0 aliphatic carbocycles.